The second-order valence-corrected chi connectivity index (χ2v) is 5.77. The lowest BCUT2D eigenvalue weighted by molar-refractivity contribution is 0.152. The number of likely N-dealkylation sites (tertiary alicyclic amines) is 1. The summed E-state index contributed by atoms with van der Waals surface area (Å²) in [7, 11) is 0. The molecule has 3 nitrogen and oxygen atoms in total. The maximum absolute atomic E-state index is 9.21. The Morgan fingerprint density at radius 1 is 1.31 bits per heavy atom. The van der Waals surface area contributed by atoms with Crippen LogP contribution in [0.1, 0.15) is 40.0 Å². The van der Waals surface area contributed by atoms with E-state index in [1.54, 1.807) is 0 Å². The van der Waals surface area contributed by atoms with Crippen LogP contribution in [0.2, 0.25) is 0 Å². The first-order chi connectivity index (χ1) is 7.57. The van der Waals surface area contributed by atoms with Gasteiger partial charge in [-0.2, -0.15) is 0 Å². The van der Waals surface area contributed by atoms with E-state index in [1.165, 1.54) is 38.9 Å². The van der Waals surface area contributed by atoms with E-state index in [2.05, 4.69) is 31.0 Å². The Kier molecular flexibility index (Phi) is 5.73. The summed E-state index contributed by atoms with van der Waals surface area (Å²) in [6, 6.07) is 0.641. The lowest BCUT2D eigenvalue weighted by Gasteiger charge is -2.26. The maximum Gasteiger partial charge on any atom is 0.0494 e. The summed E-state index contributed by atoms with van der Waals surface area (Å²) in [5, 5.41) is 12.8. The number of nitrogens with one attached hydrogen (secondary N) is 1. The van der Waals surface area contributed by atoms with Crippen molar-refractivity contribution in [3.8, 4) is 0 Å². The second kappa shape index (κ2) is 6.58. The maximum atomic E-state index is 9.21. The van der Waals surface area contributed by atoms with Crippen LogP contribution in [-0.2, 0) is 0 Å². The molecule has 0 bridgehead atoms. The summed E-state index contributed by atoms with van der Waals surface area (Å²) in [4.78, 5) is 2.53. The molecule has 0 amide bonds. The molecule has 0 spiro atoms. The highest BCUT2D eigenvalue weighted by molar-refractivity contribution is 4.78. The third-order valence-corrected chi connectivity index (χ3v) is 3.57. The van der Waals surface area contributed by atoms with Gasteiger partial charge in [-0.15, -0.1) is 0 Å². The van der Waals surface area contributed by atoms with E-state index in [9.17, 15) is 5.11 Å². The Morgan fingerprint density at radius 3 is 2.69 bits per heavy atom. The molecule has 0 aromatic rings. The summed E-state index contributed by atoms with van der Waals surface area (Å²) in [6.45, 7) is 11.3. The van der Waals surface area contributed by atoms with Gasteiger partial charge in [0, 0.05) is 24.6 Å². The molecule has 1 aliphatic rings. The van der Waals surface area contributed by atoms with Gasteiger partial charge in [0.05, 0.1) is 0 Å². The lowest BCUT2D eigenvalue weighted by atomic mass is 9.94. The standard InChI is InChI=1S/C13H28N2O/c1-4-15-8-5-6-12(7-9-15)14-10-13(2,3)11-16/h12,14,16H,4-11H2,1-3H3. The Labute approximate surface area is 100 Å². The molecule has 16 heavy (non-hydrogen) atoms. The highest BCUT2D eigenvalue weighted by Gasteiger charge is 2.20. The molecule has 0 radical (unpaired) electrons. The molecular weight excluding hydrogens is 200 g/mol. The van der Waals surface area contributed by atoms with Gasteiger partial charge < -0.3 is 15.3 Å². The van der Waals surface area contributed by atoms with Crippen LogP contribution in [-0.4, -0.2) is 48.8 Å². The van der Waals surface area contributed by atoms with E-state index in [1.807, 2.05) is 0 Å². The number of nitrogens with zero attached hydrogens (tertiary/aromatic N) is 1. The zero-order valence-electron chi connectivity index (χ0n) is 11.1. The molecule has 2 N–H and O–H groups in total. The minimum atomic E-state index is 0.0107. The molecular formula is C13H28N2O. The van der Waals surface area contributed by atoms with Crippen molar-refractivity contribution in [2.45, 2.75) is 46.1 Å². The first-order valence-corrected chi connectivity index (χ1v) is 6.64. The second-order valence-electron chi connectivity index (χ2n) is 5.77. The fourth-order valence-electron chi connectivity index (χ4n) is 2.15. The van der Waals surface area contributed by atoms with Crippen LogP contribution < -0.4 is 5.32 Å². The molecule has 0 aromatic carbocycles. The van der Waals surface area contributed by atoms with Gasteiger partial charge in [-0.1, -0.05) is 20.8 Å². The molecule has 96 valence electrons. The molecule has 1 unspecified atom stereocenters. The molecule has 1 aliphatic heterocycles. The summed E-state index contributed by atoms with van der Waals surface area (Å²) < 4.78 is 0. The Hall–Kier alpha value is -0.120. The van der Waals surface area contributed by atoms with Crippen LogP contribution >= 0.6 is 0 Å². The molecule has 0 saturated carbocycles. The van der Waals surface area contributed by atoms with Crippen LogP contribution in [0, 0.1) is 5.41 Å². The number of aliphatic hydroxyl groups is 1. The van der Waals surface area contributed by atoms with Crippen molar-refractivity contribution in [1.29, 1.82) is 0 Å². The van der Waals surface area contributed by atoms with Gasteiger partial charge in [-0.05, 0) is 38.9 Å². The van der Waals surface area contributed by atoms with Gasteiger partial charge in [0.2, 0.25) is 0 Å². The molecule has 0 aliphatic carbocycles. The van der Waals surface area contributed by atoms with E-state index in [0.717, 1.165) is 6.54 Å². The predicted octanol–water partition coefficient (Wildman–Crippen LogP) is 1.47. The minimum Gasteiger partial charge on any atom is -0.396 e. The third kappa shape index (κ3) is 4.81. The zero-order chi connectivity index (χ0) is 12.0. The quantitative estimate of drug-likeness (QED) is 0.748. The zero-order valence-corrected chi connectivity index (χ0v) is 11.1. The topological polar surface area (TPSA) is 35.5 Å². The van der Waals surface area contributed by atoms with Gasteiger partial charge in [0.1, 0.15) is 0 Å². The van der Waals surface area contributed by atoms with Gasteiger partial charge >= 0.3 is 0 Å². The molecule has 1 rings (SSSR count). The van der Waals surface area contributed by atoms with Crippen LogP contribution in [0.15, 0.2) is 0 Å². The van der Waals surface area contributed by atoms with E-state index in [-0.39, 0.29) is 12.0 Å². The van der Waals surface area contributed by atoms with Crippen LogP contribution in [0.25, 0.3) is 0 Å². The first-order valence-electron chi connectivity index (χ1n) is 6.64. The highest BCUT2D eigenvalue weighted by atomic mass is 16.3. The summed E-state index contributed by atoms with van der Waals surface area (Å²) in [5.41, 5.74) is 0.0107. The molecule has 3 heteroatoms. The van der Waals surface area contributed by atoms with Crippen molar-refractivity contribution < 1.29 is 5.11 Å². The van der Waals surface area contributed by atoms with Crippen molar-refractivity contribution >= 4 is 0 Å². The van der Waals surface area contributed by atoms with Crippen molar-refractivity contribution in [2.24, 2.45) is 5.41 Å². The van der Waals surface area contributed by atoms with E-state index in [4.69, 9.17) is 0 Å². The molecule has 1 heterocycles. The molecule has 1 atom stereocenters. The summed E-state index contributed by atoms with van der Waals surface area (Å²) in [6.07, 6.45) is 3.82. The van der Waals surface area contributed by atoms with Gasteiger partial charge in [0.15, 0.2) is 0 Å². The first kappa shape index (κ1) is 13.9. The average molecular weight is 228 g/mol. The Morgan fingerprint density at radius 2 is 2.06 bits per heavy atom. The fraction of sp³-hybridized carbons (Fsp3) is 1.00. The predicted molar refractivity (Wildman–Crippen MR) is 68.6 cm³/mol. The van der Waals surface area contributed by atoms with Crippen molar-refractivity contribution in [2.75, 3.05) is 32.8 Å². The van der Waals surface area contributed by atoms with Crippen molar-refractivity contribution in [1.82, 2.24) is 10.2 Å². The molecule has 1 saturated heterocycles. The summed E-state index contributed by atoms with van der Waals surface area (Å²) in [5.74, 6) is 0. The van der Waals surface area contributed by atoms with Crippen molar-refractivity contribution in [3.05, 3.63) is 0 Å². The SMILES string of the molecule is CCN1CCCC(NCC(C)(C)CO)CC1. The smallest absolute Gasteiger partial charge is 0.0494 e. The van der Waals surface area contributed by atoms with E-state index >= 15 is 0 Å². The van der Waals surface area contributed by atoms with Gasteiger partial charge in [0.25, 0.3) is 0 Å². The largest absolute Gasteiger partial charge is 0.396 e. The van der Waals surface area contributed by atoms with E-state index < -0.39 is 0 Å². The molecule has 1 fully saturated rings. The monoisotopic (exact) mass is 228 g/mol. The number of hydrogen-bond donors (Lipinski definition) is 2. The fourth-order valence-corrected chi connectivity index (χ4v) is 2.15. The Bertz CT molecular complexity index is 194. The average Bonchev–Trinajstić information content (AvgIpc) is 2.51. The Balaban J connectivity index is 2.27. The lowest BCUT2D eigenvalue weighted by Crippen LogP contribution is -2.39. The number of hydrogen-bond acceptors (Lipinski definition) is 3. The molecule has 0 aromatic heterocycles. The van der Waals surface area contributed by atoms with Crippen LogP contribution in [0.4, 0.5) is 0 Å². The number of aliphatic hydroxyl groups excluding tert-OH is 1. The normalized spacial score (nSPS) is 24.4. The number of rotatable bonds is 5. The minimum absolute atomic E-state index is 0.0107. The van der Waals surface area contributed by atoms with Crippen LogP contribution in [0.3, 0.4) is 0 Å². The van der Waals surface area contributed by atoms with Crippen molar-refractivity contribution in [3.63, 3.8) is 0 Å². The van der Waals surface area contributed by atoms with E-state index in [0.29, 0.717) is 6.04 Å². The third-order valence-electron chi connectivity index (χ3n) is 3.57. The summed E-state index contributed by atoms with van der Waals surface area (Å²) >= 11 is 0. The highest BCUT2D eigenvalue weighted by Crippen LogP contribution is 2.15. The van der Waals surface area contributed by atoms with Gasteiger partial charge in [-0.3, -0.25) is 0 Å². The van der Waals surface area contributed by atoms with Crippen LogP contribution in [0.5, 0.6) is 0 Å². The van der Waals surface area contributed by atoms with Gasteiger partial charge in [-0.25, -0.2) is 0 Å².